The van der Waals surface area contributed by atoms with Crippen LogP contribution in [0, 0.1) is 0 Å². The van der Waals surface area contributed by atoms with Gasteiger partial charge in [-0.25, -0.2) is 8.42 Å². The minimum atomic E-state index is -3.93. The van der Waals surface area contributed by atoms with Crippen LogP contribution >= 0.6 is 0 Å². The van der Waals surface area contributed by atoms with Gasteiger partial charge in [-0.1, -0.05) is 96.1 Å². The Morgan fingerprint density at radius 1 is 0.838 bits per heavy atom. The van der Waals surface area contributed by atoms with E-state index < -0.39 is 16.1 Å². The van der Waals surface area contributed by atoms with E-state index in [0.717, 1.165) is 16.7 Å². The van der Waals surface area contributed by atoms with Gasteiger partial charge in [-0.05, 0) is 57.7 Å². The summed E-state index contributed by atoms with van der Waals surface area (Å²) >= 11 is 0. The summed E-state index contributed by atoms with van der Waals surface area (Å²) in [6, 6.07) is 22.0. The van der Waals surface area contributed by atoms with Crippen LogP contribution in [0.5, 0.6) is 0 Å². The Morgan fingerprint density at radius 3 is 1.95 bits per heavy atom. The summed E-state index contributed by atoms with van der Waals surface area (Å²) in [7, 11) is -3.93. The summed E-state index contributed by atoms with van der Waals surface area (Å²) in [5.74, 6) is -0.280. The molecule has 0 unspecified atom stereocenters. The average molecular weight is 519 g/mol. The SMILES string of the molecule is CC(C)(C)c1ccc(CCNC(=O)[C@@H]2Cc3ccccc3N2S(=O)(=O)c2ccc(C(C)(C)C)cc2)cc1. The van der Waals surface area contributed by atoms with Crippen LogP contribution in [0.15, 0.2) is 77.7 Å². The molecule has 5 nitrogen and oxygen atoms in total. The number of nitrogens with one attached hydrogen (secondary N) is 1. The van der Waals surface area contributed by atoms with E-state index in [1.807, 2.05) is 30.3 Å². The Balaban J connectivity index is 1.52. The molecule has 196 valence electrons. The number of amides is 1. The van der Waals surface area contributed by atoms with Crippen molar-refractivity contribution in [1.82, 2.24) is 5.32 Å². The monoisotopic (exact) mass is 518 g/mol. The molecule has 0 aromatic heterocycles. The third kappa shape index (κ3) is 5.74. The lowest BCUT2D eigenvalue weighted by Gasteiger charge is -2.27. The maximum absolute atomic E-state index is 13.8. The average Bonchev–Trinajstić information content (AvgIpc) is 3.24. The summed E-state index contributed by atoms with van der Waals surface area (Å²) in [5.41, 5.74) is 4.88. The van der Waals surface area contributed by atoms with Crippen molar-refractivity contribution in [2.45, 2.75) is 76.2 Å². The molecule has 3 aromatic rings. The lowest BCUT2D eigenvalue weighted by atomic mass is 9.86. The van der Waals surface area contributed by atoms with Gasteiger partial charge in [-0.3, -0.25) is 9.10 Å². The molecule has 0 saturated heterocycles. The van der Waals surface area contributed by atoms with E-state index in [0.29, 0.717) is 25.1 Å². The molecule has 0 bridgehead atoms. The Morgan fingerprint density at radius 2 is 1.38 bits per heavy atom. The molecule has 37 heavy (non-hydrogen) atoms. The van der Waals surface area contributed by atoms with Crippen molar-refractivity contribution < 1.29 is 13.2 Å². The highest BCUT2D eigenvalue weighted by molar-refractivity contribution is 7.93. The molecule has 4 rings (SSSR count). The zero-order chi connectivity index (χ0) is 27.0. The zero-order valence-electron chi connectivity index (χ0n) is 22.7. The molecular formula is C31H38N2O3S. The number of fused-ring (bicyclic) bond motifs is 1. The van der Waals surface area contributed by atoms with Crippen molar-refractivity contribution in [3.63, 3.8) is 0 Å². The summed E-state index contributed by atoms with van der Waals surface area (Å²) in [6.45, 7) is 13.3. The van der Waals surface area contributed by atoms with E-state index in [-0.39, 0.29) is 21.6 Å². The molecule has 1 N–H and O–H groups in total. The second-order valence-electron chi connectivity index (χ2n) is 11.9. The molecule has 3 aromatic carbocycles. The first-order valence-corrected chi connectivity index (χ1v) is 14.3. The van der Waals surface area contributed by atoms with Crippen molar-refractivity contribution in [2.75, 3.05) is 10.8 Å². The van der Waals surface area contributed by atoms with Gasteiger partial charge in [-0.15, -0.1) is 0 Å². The molecule has 1 aliphatic heterocycles. The number of benzene rings is 3. The lowest BCUT2D eigenvalue weighted by molar-refractivity contribution is -0.122. The predicted molar refractivity (Wildman–Crippen MR) is 151 cm³/mol. The van der Waals surface area contributed by atoms with Gasteiger partial charge in [0.25, 0.3) is 10.0 Å². The fourth-order valence-corrected chi connectivity index (χ4v) is 6.36. The molecule has 6 heteroatoms. The van der Waals surface area contributed by atoms with E-state index in [2.05, 4.69) is 71.1 Å². The van der Waals surface area contributed by atoms with Crippen LogP contribution in [0.25, 0.3) is 0 Å². The highest BCUT2D eigenvalue weighted by atomic mass is 32.2. The molecule has 0 aliphatic carbocycles. The largest absolute Gasteiger partial charge is 0.354 e. The number of sulfonamides is 1. The quantitative estimate of drug-likeness (QED) is 0.451. The highest BCUT2D eigenvalue weighted by Crippen LogP contribution is 2.37. The Kier molecular flexibility index (Phi) is 7.26. The van der Waals surface area contributed by atoms with E-state index in [4.69, 9.17) is 0 Å². The number of para-hydroxylation sites is 1. The van der Waals surface area contributed by atoms with Crippen LogP contribution in [-0.4, -0.2) is 26.9 Å². The predicted octanol–water partition coefficient (Wildman–Crippen LogP) is 5.76. The van der Waals surface area contributed by atoms with E-state index in [9.17, 15) is 13.2 Å². The van der Waals surface area contributed by atoms with E-state index >= 15 is 0 Å². The van der Waals surface area contributed by atoms with E-state index in [1.165, 1.54) is 9.87 Å². The topological polar surface area (TPSA) is 66.5 Å². The van der Waals surface area contributed by atoms with Crippen molar-refractivity contribution in [3.05, 3.63) is 95.1 Å². The first-order valence-electron chi connectivity index (χ1n) is 12.9. The minimum Gasteiger partial charge on any atom is -0.354 e. The van der Waals surface area contributed by atoms with Crippen molar-refractivity contribution in [1.29, 1.82) is 0 Å². The molecule has 1 amide bonds. The van der Waals surface area contributed by atoms with Gasteiger partial charge < -0.3 is 5.32 Å². The lowest BCUT2D eigenvalue weighted by Crippen LogP contribution is -2.48. The van der Waals surface area contributed by atoms with Crippen molar-refractivity contribution in [2.24, 2.45) is 0 Å². The number of hydrogen-bond donors (Lipinski definition) is 1. The van der Waals surface area contributed by atoms with Gasteiger partial charge in [0.2, 0.25) is 5.91 Å². The minimum absolute atomic E-state index is 0.0853. The van der Waals surface area contributed by atoms with Gasteiger partial charge in [-0.2, -0.15) is 0 Å². The first kappa shape index (κ1) is 26.9. The van der Waals surface area contributed by atoms with Crippen LogP contribution in [0.2, 0.25) is 0 Å². The Bertz CT molecular complexity index is 1360. The number of carbonyl (C=O) groups is 1. The van der Waals surface area contributed by atoms with Gasteiger partial charge in [0.1, 0.15) is 6.04 Å². The normalized spacial score (nSPS) is 15.9. The molecule has 1 atom stereocenters. The third-order valence-corrected chi connectivity index (χ3v) is 8.88. The standard InChI is InChI=1S/C31H38N2O3S/c1-30(2,3)24-13-11-22(12-14-24)19-20-32-29(34)28-21-23-9-7-8-10-27(23)33(28)37(35,36)26-17-15-25(16-18-26)31(4,5)6/h7-18,28H,19-21H2,1-6H3,(H,32,34)/t28-/m0/s1. The van der Waals surface area contributed by atoms with Crippen LogP contribution in [0.3, 0.4) is 0 Å². The number of anilines is 1. The fourth-order valence-electron chi connectivity index (χ4n) is 4.71. The Hall–Kier alpha value is -3.12. The Labute approximate surface area is 222 Å². The summed E-state index contributed by atoms with van der Waals surface area (Å²) in [5, 5.41) is 2.99. The number of rotatable bonds is 6. The van der Waals surface area contributed by atoms with Crippen molar-refractivity contribution in [3.8, 4) is 0 Å². The van der Waals surface area contributed by atoms with Crippen LogP contribution < -0.4 is 9.62 Å². The van der Waals surface area contributed by atoms with Gasteiger partial charge >= 0.3 is 0 Å². The highest BCUT2D eigenvalue weighted by Gasteiger charge is 2.42. The first-order chi connectivity index (χ1) is 17.3. The van der Waals surface area contributed by atoms with E-state index in [1.54, 1.807) is 18.2 Å². The second kappa shape index (κ2) is 9.97. The van der Waals surface area contributed by atoms with Gasteiger partial charge in [0, 0.05) is 13.0 Å². The molecule has 1 aliphatic rings. The molecule has 0 fully saturated rings. The molecule has 0 radical (unpaired) electrons. The maximum atomic E-state index is 13.8. The number of nitrogens with zero attached hydrogens (tertiary/aromatic N) is 1. The summed E-state index contributed by atoms with van der Waals surface area (Å²) in [4.78, 5) is 13.5. The van der Waals surface area contributed by atoms with Crippen molar-refractivity contribution >= 4 is 21.6 Å². The maximum Gasteiger partial charge on any atom is 0.265 e. The zero-order valence-corrected chi connectivity index (χ0v) is 23.5. The van der Waals surface area contributed by atoms with Gasteiger partial charge in [0.15, 0.2) is 0 Å². The second-order valence-corrected chi connectivity index (χ2v) is 13.7. The van der Waals surface area contributed by atoms with Crippen LogP contribution in [0.1, 0.15) is 63.8 Å². The molecule has 1 heterocycles. The fraction of sp³-hybridized carbons (Fsp3) is 0.387. The number of carbonyl (C=O) groups excluding carboxylic acids is 1. The van der Waals surface area contributed by atoms with Crippen LogP contribution in [0.4, 0.5) is 5.69 Å². The molecule has 0 spiro atoms. The molecule has 0 saturated carbocycles. The molecular weight excluding hydrogens is 480 g/mol. The smallest absolute Gasteiger partial charge is 0.265 e. The number of hydrogen-bond acceptors (Lipinski definition) is 3. The van der Waals surface area contributed by atoms with Crippen LogP contribution in [-0.2, 0) is 38.5 Å². The summed E-state index contributed by atoms with van der Waals surface area (Å²) < 4.78 is 29.0. The summed E-state index contributed by atoms with van der Waals surface area (Å²) in [6.07, 6.45) is 1.03. The van der Waals surface area contributed by atoms with Gasteiger partial charge in [0.05, 0.1) is 10.6 Å². The third-order valence-electron chi connectivity index (χ3n) is 7.04.